The molecule has 1 fully saturated rings. The molecule has 4 rings (SSSR count). The van der Waals surface area contributed by atoms with Gasteiger partial charge in [0.05, 0.1) is 11.1 Å². The molecule has 0 spiro atoms. The number of amides is 1. The van der Waals surface area contributed by atoms with Crippen LogP contribution in [0.2, 0.25) is 0 Å². The van der Waals surface area contributed by atoms with Crippen molar-refractivity contribution in [1.82, 2.24) is 10.3 Å². The highest BCUT2D eigenvalue weighted by molar-refractivity contribution is 5.94. The second-order valence-electron chi connectivity index (χ2n) is 8.06. The molecule has 0 saturated heterocycles. The van der Waals surface area contributed by atoms with E-state index >= 15 is 0 Å². The Kier molecular flexibility index (Phi) is 6.11. The van der Waals surface area contributed by atoms with Crippen molar-refractivity contribution in [3.8, 4) is 0 Å². The number of nitrogens with zero attached hydrogens (tertiary/aromatic N) is 1. The van der Waals surface area contributed by atoms with Crippen molar-refractivity contribution >= 4 is 22.5 Å². The molecule has 7 heteroatoms. The normalized spacial score (nSPS) is 19.2. The highest BCUT2D eigenvalue weighted by atomic mass is 19.4. The van der Waals surface area contributed by atoms with Gasteiger partial charge < -0.3 is 10.6 Å². The van der Waals surface area contributed by atoms with Crippen molar-refractivity contribution in [2.45, 2.75) is 37.9 Å². The van der Waals surface area contributed by atoms with Gasteiger partial charge in [0.25, 0.3) is 5.91 Å². The van der Waals surface area contributed by atoms with Crippen molar-refractivity contribution in [3.05, 3.63) is 71.9 Å². The highest BCUT2D eigenvalue weighted by Crippen LogP contribution is 2.30. The van der Waals surface area contributed by atoms with E-state index in [0.29, 0.717) is 5.92 Å². The molecule has 1 heterocycles. The Morgan fingerprint density at radius 2 is 1.81 bits per heavy atom. The van der Waals surface area contributed by atoms with Gasteiger partial charge in [-0.15, -0.1) is 0 Å². The molecule has 162 valence electrons. The number of nitrogens with one attached hydrogen (secondary N) is 2. The number of hydrogen-bond donors (Lipinski definition) is 2. The lowest BCUT2D eigenvalue weighted by Crippen LogP contribution is -2.38. The van der Waals surface area contributed by atoms with Crippen molar-refractivity contribution in [2.24, 2.45) is 5.92 Å². The van der Waals surface area contributed by atoms with E-state index in [4.69, 9.17) is 0 Å². The fraction of sp³-hybridized carbons (Fsp3) is 0.333. The van der Waals surface area contributed by atoms with Crippen LogP contribution < -0.4 is 10.6 Å². The fourth-order valence-corrected chi connectivity index (χ4v) is 4.06. The van der Waals surface area contributed by atoms with Crippen LogP contribution in [0.15, 0.2) is 60.8 Å². The zero-order valence-electron chi connectivity index (χ0n) is 17.0. The first-order valence-corrected chi connectivity index (χ1v) is 10.5. The van der Waals surface area contributed by atoms with Crippen LogP contribution in [-0.2, 0) is 6.18 Å². The Morgan fingerprint density at radius 1 is 1.00 bits per heavy atom. The standard InChI is InChI=1S/C24H24F3N3O/c25-24(26,27)19-5-1-3-18(13-19)23(31)30-20-8-6-16(7-9-20)15-29-21-10-11-22-17(14-21)4-2-12-28-22/h1-5,10-14,16,20,29H,6-9,15H2,(H,30,31). The van der Waals surface area contributed by atoms with Crippen LogP contribution in [0.5, 0.6) is 0 Å². The number of halogens is 3. The summed E-state index contributed by atoms with van der Waals surface area (Å²) >= 11 is 0. The first-order chi connectivity index (χ1) is 14.9. The smallest absolute Gasteiger partial charge is 0.385 e. The molecule has 0 unspecified atom stereocenters. The summed E-state index contributed by atoms with van der Waals surface area (Å²) in [6.45, 7) is 0.847. The van der Waals surface area contributed by atoms with Gasteiger partial charge in [0.1, 0.15) is 0 Å². The number of rotatable bonds is 5. The average Bonchev–Trinajstić information content (AvgIpc) is 2.78. The second-order valence-corrected chi connectivity index (χ2v) is 8.06. The Labute approximate surface area is 178 Å². The molecule has 1 aromatic heterocycles. The van der Waals surface area contributed by atoms with Gasteiger partial charge in [-0.25, -0.2) is 0 Å². The molecule has 2 aromatic carbocycles. The summed E-state index contributed by atoms with van der Waals surface area (Å²) in [5.74, 6) is 0.0451. The van der Waals surface area contributed by atoms with E-state index in [1.165, 1.54) is 12.1 Å². The number of carbonyl (C=O) groups excluding carboxylic acids is 1. The molecule has 1 aliphatic rings. The Balaban J connectivity index is 1.26. The van der Waals surface area contributed by atoms with Gasteiger partial charge in [-0.3, -0.25) is 9.78 Å². The molecule has 0 aliphatic heterocycles. The van der Waals surface area contributed by atoms with Crippen molar-refractivity contribution in [1.29, 1.82) is 0 Å². The maximum Gasteiger partial charge on any atom is 0.416 e. The predicted molar refractivity (Wildman–Crippen MR) is 115 cm³/mol. The lowest BCUT2D eigenvalue weighted by molar-refractivity contribution is -0.137. The molecule has 0 bridgehead atoms. The fourth-order valence-electron chi connectivity index (χ4n) is 4.06. The minimum absolute atomic E-state index is 0.00923. The van der Waals surface area contributed by atoms with E-state index in [2.05, 4.69) is 21.7 Å². The molecular formula is C24H24F3N3O. The van der Waals surface area contributed by atoms with E-state index in [9.17, 15) is 18.0 Å². The quantitative estimate of drug-likeness (QED) is 0.553. The molecule has 4 nitrogen and oxygen atoms in total. The summed E-state index contributed by atoms with van der Waals surface area (Å²) in [6.07, 6.45) is 0.866. The minimum atomic E-state index is -4.46. The monoisotopic (exact) mass is 427 g/mol. The van der Waals surface area contributed by atoms with Gasteiger partial charge in [-0.05, 0) is 74.1 Å². The van der Waals surface area contributed by atoms with Crippen molar-refractivity contribution in [3.63, 3.8) is 0 Å². The molecule has 3 aromatic rings. The average molecular weight is 427 g/mol. The third-order valence-electron chi connectivity index (χ3n) is 5.83. The highest BCUT2D eigenvalue weighted by Gasteiger charge is 2.31. The summed E-state index contributed by atoms with van der Waals surface area (Å²) in [5, 5.41) is 7.47. The molecule has 0 radical (unpaired) electrons. The van der Waals surface area contributed by atoms with Crippen LogP contribution in [0.4, 0.5) is 18.9 Å². The SMILES string of the molecule is O=C(NC1CCC(CNc2ccc3ncccc3c2)CC1)c1cccc(C(F)(F)F)c1. The molecule has 1 amide bonds. The van der Waals surface area contributed by atoms with Gasteiger partial charge in [-0.1, -0.05) is 12.1 Å². The number of anilines is 1. The molecule has 0 atom stereocenters. The van der Waals surface area contributed by atoms with E-state index in [-0.39, 0.29) is 11.6 Å². The summed E-state index contributed by atoms with van der Waals surface area (Å²) < 4.78 is 38.6. The number of pyridine rings is 1. The van der Waals surface area contributed by atoms with Crippen LogP contribution in [0.1, 0.15) is 41.6 Å². The number of aromatic nitrogens is 1. The lowest BCUT2D eigenvalue weighted by Gasteiger charge is -2.29. The van der Waals surface area contributed by atoms with E-state index in [1.54, 1.807) is 6.20 Å². The molecule has 2 N–H and O–H groups in total. The van der Waals surface area contributed by atoms with E-state index < -0.39 is 17.6 Å². The first-order valence-electron chi connectivity index (χ1n) is 10.5. The maximum atomic E-state index is 12.9. The van der Waals surface area contributed by atoms with E-state index in [0.717, 1.165) is 61.0 Å². The topological polar surface area (TPSA) is 54.0 Å². The molecule has 1 aliphatic carbocycles. The summed E-state index contributed by atoms with van der Waals surface area (Å²) in [5.41, 5.74) is 1.26. The van der Waals surface area contributed by atoms with Crippen LogP contribution >= 0.6 is 0 Å². The maximum absolute atomic E-state index is 12.9. The molecular weight excluding hydrogens is 403 g/mol. The number of carbonyl (C=O) groups is 1. The molecule has 1 saturated carbocycles. The first kappa shape index (κ1) is 21.2. The summed E-state index contributed by atoms with van der Waals surface area (Å²) in [7, 11) is 0. The summed E-state index contributed by atoms with van der Waals surface area (Å²) in [4.78, 5) is 16.7. The van der Waals surface area contributed by atoms with Gasteiger partial charge in [0, 0.05) is 35.4 Å². The van der Waals surface area contributed by atoms with Gasteiger partial charge >= 0.3 is 6.18 Å². The third kappa shape index (κ3) is 5.34. The Morgan fingerprint density at radius 3 is 2.58 bits per heavy atom. The van der Waals surface area contributed by atoms with E-state index in [1.807, 2.05) is 24.3 Å². The number of hydrogen-bond acceptors (Lipinski definition) is 3. The van der Waals surface area contributed by atoms with Crippen LogP contribution in [0.3, 0.4) is 0 Å². The zero-order chi connectivity index (χ0) is 21.8. The number of fused-ring (bicyclic) bond motifs is 1. The lowest BCUT2D eigenvalue weighted by atomic mass is 9.86. The predicted octanol–water partition coefficient (Wildman–Crippen LogP) is 5.65. The number of alkyl halides is 3. The Hall–Kier alpha value is -3.09. The molecule has 31 heavy (non-hydrogen) atoms. The Bertz CT molecular complexity index is 1060. The van der Waals surface area contributed by atoms with Crippen LogP contribution in [0.25, 0.3) is 10.9 Å². The second kappa shape index (κ2) is 8.96. The third-order valence-corrected chi connectivity index (χ3v) is 5.83. The number of benzene rings is 2. The van der Waals surface area contributed by atoms with Crippen molar-refractivity contribution in [2.75, 3.05) is 11.9 Å². The van der Waals surface area contributed by atoms with Crippen LogP contribution in [0, 0.1) is 5.92 Å². The van der Waals surface area contributed by atoms with Crippen molar-refractivity contribution < 1.29 is 18.0 Å². The van der Waals surface area contributed by atoms with Gasteiger partial charge in [-0.2, -0.15) is 13.2 Å². The van der Waals surface area contributed by atoms with Gasteiger partial charge in [0.15, 0.2) is 0 Å². The summed E-state index contributed by atoms with van der Waals surface area (Å²) in [6, 6.07) is 14.6. The minimum Gasteiger partial charge on any atom is -0.385 e. The largest absolute Gasteiger partial charge is 0.416 e. The van der Waals surface area contributed by atoms with Gasteiger partial charge in [0.2, 0.25) is 0 Å². The van der Waals surface area contributed by atoms with Crippen LogP contribution in [-0.4, -0.2) is 23.5 Å². The zero-order valence-corrected chi connectivity index (χ0v) is 17.0.